The van der Waals surface area contributed by atoms with Crippen LogP contribution in [-0.2, 0) is 0 Å². The van der Waals surface area contributed by atoms with E-state index < -0.39 is 0 Å². The lowest BCUT2D eigenvalue weighted by molar-refractivity contribution is 0.112. The summed E-state index contributed by atoms with van der Waals surface area (Å²) >= 11 is 5.84. The molecule has 0 amide bonds. The summed E-state index contributed by atoms with van der Waals surface area (Å²) in [5.74, 6) is 0.552. The average Bonchev–Trinajstić information content (AvgIpc) is 2.23. The molecular weight excluding hydrogens is 226 g/mol. The second-order valence-electron chi connectivity index (χ2n) is 4.16. The maximum atomic E-state index is 10.9. The molecule has 0 radical (unpaired) electrons. The van der Waals surface area contributed by atoms with Crippen LogP contribution in [0.5, 0.6) is 0 Å². The summed E-state index contributed by atoms with van der Waals surface area (Å²) in [6, 6.07) is 0. The fourth-order valence-corrected chi connectivity index (χ4v) is 2.18. The number of aromatic nitrogens is 2. The molecule has 1 aliphatic carbocycles. The summed E-state index contributed by atoms with van der Waals surface area (Å²) in [7, 11) is 0. The van der Waals surface area contributed by atoms with E-state index in [0.29, 0.717) is 17.7 Å². The topological polar surface area (TPSA) is 54.9 Å². The molecule has 0 spiro atoms. The lowest BCUT2D eigenvalue weighted by Crippen LogP contribution is -2.44. The van der Waals surface area contributed by atoms with Crippen LogP contribution < -0.4 is 5.32 Å². The van der Waals surface area contributed by atoms with E-state index in [1.165, 1.54) is 12.7 Å². The second kappa shape index (κ2) is 4.37. The molecule has 0 aromatic carbocycles. The maximum absolute atomic E-state index is 10.9. The van der Waals surface area contributed by atoms with Gasteiger partial charge in [-0.25, -0.2) is 9.97 Å². The van der Waals surface area contributed by atoms with Crippen LogP contribution in [0.15, 0.2) is 6.33 Å². The van der Waals surface area contributed by atoms with Gasteiger partial charge in [0.25, 0.3) is 0 Å². The molecule has 1 saturated carbocycles. The molecule has 1 aromatic heterocycles. The Kier molecular flexibility index (Phi) is 3.10. The number of carbonyl (C=O) groups excluding carboxylic acids is 1. The summed E-state index contributed by atoms with van der Waals surface area (Å²) in [6.07, 6.45) is 6.54. The number of nitrogens with one attached hydrogen (secondary N) is 1. The molecule has 86 valence electrons. The summed E-state index contributed by atoms with van der Waals surface area (Å²) in [4.78, 5) is 18.8. The first-order valence-corrected chi connectivity index (χ1v) is 5.82. The van der Waals surface area contributed by atoms with E-state index in [0.717, 1.165) is 19.3 Å². The fraction of sp³-hybridized carbons (Fsp3) is 0.545. The van der Waals surface area contributed by atoms with Crippen LogP contribution in [-0.4, -0.2) is 21.8 Å². The molecule has 1 N–H and O–H groups in total. The first-order valence-electron chi connectivity index (χ1n) is 5.44. The third kappa shape index (κ3) is 1.89. The van der Waals surface area contributed by atoms with Gasteiger partial charge in [0, 0.05) is 5.54 Å². The van der Waals surface area contributed by atoms with Gasteiger partial charge >= 0.3 is 0 Å². The van der Waals surface area contributed by atoms with E-state index in [9.17, 15) is 4.79 Å². The zero-order valence-electron chi connectivity index (χ0n) is 9.16. The van der Waals surface area contributed by atoms with Gasteiger partial charge in [-0.15, -0.1) is 0 Å². The van der Waals surface area contributed by atoms with E-state index in [1.807, 2.05) is 0 Å². The Hall–Kier alpha value is -1.16. The molecule has 2 rings (SSSR count). The minimum absolute atomic E-state index is 0.0927. The highest BCUT2D eigenvalue weighted by Gasteiger charge is 2.35. The van der Waals surface area contributed by atoms with E-state index >= 15 is 0 Å². The zero-order valence-corrected chi connectivity index (χ0v) is 9.92. The van der Waals surface area contributed by atoms with Gasteiger partial charge in [-0.3, -0.25) is 4.79 Å². The minimum atomic E-state index is 0.0927. The number of carbonyl (C=O) groups is 1. The van der Waals surface area contributed by atoms with Gasteiger partial charge < -0.3 is 5.32 Å². The lowest BCUT2D eigenvalue weighted by Gasteiger charge is -2.42. The van der Waals surface area contributed by atoms with Crippen LogP contribution in [0.2, 0.25) is 5.15 Å². The Morgan fingerprint density at radius 2 is 2.31 bits per heavy atom. The fourth-order valence-electron chi connectivity index (χ4n) is 2.00. The van der Waals surface area contributed by atoms with Crippen molar-refractivity contribution in [2.24, 2.45) is 0 Å². The van der Waals surface area contributed by atoms with Gasteiger partial charge in [0.2, 0.25) is 0 Å². The molecule has 16 heavy (non-hydrogen) atoms. The van der Waals surface area contributed by atoms with Crippen molar-refractivity contribution in [2.45, 2.75) is 38.1 Å². The van der Waals surface area contributed by atoms with Gasteiger partial charge in [-0.05, 0) is 25.7 Å². The van der Waals surface area contributed by atoms with Crippen molar-refractivity contribution < 1.29 is 4.79 Å². The molecule has 0 bridgehead atoms. The first-order chi connectivity index (χ1) is 7.71. The molecule has 0 saturated heterocycles. The average molecular weight is 240 g/mol. The Morgan fingerprint density at radius 3 is 2.81 bits per heavy atom. The highest BCUT2D eigenvalue weighted by molar-refractivity contribution is 6.32. The van der Waals surface area contributed by atoms with Gasteiger partial charge in [-0.2, -0.15) is 0 Å². The van der Waals surface area contributed by atoms with Gasteiger partial charge in [0.05, 0.1) is 5.56 Å². The van der Waals surface area contributed by atoms with Crippen molar-refractivity contribution >= 4 is 23.7 Å². The van der Waals surface area contributed by atoms with Crippen LogP contribution in [0.1, 0.15) is 43.0 Å². The lowest BCUT2D eigenvalue weighted by atomic mass is 9.75. The highest BCUT2D eigenvalue weighted by atomic mass is 35.5. The molecule has 4 nitrogen and oxygen atoms in total. The number of hydrogen-bond donors (Lipinski definition) is 1. The molecule has 0 aliphatic heterocycles. The Morgan fingerprint density at radius 1 is 1.56 bits per heavy atom. The molecule has 0 unspecified atom stereocenters. The van der Waals surface area contributed by atoms with E-state index in [-0.39, 0.29) is 10.7 Å². The van der Waals surface area contributed by atoms with Crippen LogP contribution in [0.3, 0.4) is 0 Å². The van der Waals surface area contributed by atoms with Crippen molar-refractivity contribution in [3.63, 3.8) is 0 Å². The van der Waals surface area contributed by atoms with Crippen molar-refractivity contribution in [1.82, 2.24) is 9.97 Å². The number of aldehydes is 1. The molecule has 5 heteroatoms. The normalized spacial score (nSPS) is 17.6. The number of hydrogen-bond acceptors (Lipinski definition) is 4. The van der Waals surface area contributed by atoms with Gasteiger partial charge in [0.1, 0.15) is 17.3 Å². The Labute approximate surface area is 99.4 Å². The smallest absolute Gasteiger partial charge is 0.156 e. The standard InChI is InChI=1S/C11H14ClN3O/c1-2-11(4-3-5-11)15-10-8(6-16)9(12)13-7-14-10/h6-7H,2-5H2,1H3,(H,13,14,15). The molecule has 1 aliphatic rings. The van der Waals surface area contributed by atoms with Gasteiger partial charge in [-0.1, -0.05) is 18.5 Å². The summed E-state index contributed by atoms with van der Waals surface area (Å²) in [6.45, 7) is 2.13. The van der Waals surface area contributed by atoms with Crippen LogP contribution in [0, 0.1) is 0 Å². The summed E-state index contributed by atoms with van der Waals surface area (Å²) < 4.78 is 0. The van der Waals surface area contributed by atoms with Crippen LogP contribution in [0.4, 0.5) is 5.82 Å². The van der Waals surface area contributed by atoms with Crippen molar-refractivity contribution in [3.8, 4) is 0 Å². The van der Waals surface area contributed by atoms with Crippen molar-refractivity contribution in [3.05, 3.63) is 17.0 Å². The number of halogens is 1. The monoisotopic (exact) mass is 239 g/mol. The van der Waals surface area contributed by atoms with E-state index in [2.05, 4.69) is 22.2 Å². The predicted molar refractivity (Wildman–Crippen MR) is 62.9 cm³/mol. The Bertz CT molecular complexity index is 399. The maximum Gasteiger partial charge on any atom is 0.156 e. The predicted octanol–water partition coefficient (Wildman–Crippen LogP) is 2.69. The van der Waals surface area contributed by atoms with Gasteiger partial charge in [0.15, 0.2) is 6.29 Å². The number of nitrogens with zero attached hydrogens (tertiary/aromatic N) is 2. The quantitative estimate of drug-likeness (QED) is 0.648. The summed E-state index contributed by atoms with van der Waals surface area (Å²) in [5.41, 5.74) is 0.444. The van der Waals surface area contributed by atoms with E-state index in [1.54, 1.807) is 0 Å². The number of anilines is 1. The zero-order chi connectivity index (χ0) is 11.6. The third-order valence-corrected chi connectivity index (χ3v) is 3.63. The molecule has 1 fully saturated rings. The second-order valence-corrected chi connectivity index (χ2v) is 4.52. The van der Waals surface area contributed by atoms with Crippen LogP contribution in [0.25, 0.3) is 0 Å². The Balaban J connectivity index is 2.27. The van der Waals surface area contributed by atoms with E-state index in [4.69, 9.17) is 11.6 Å². The van der Waals surface area contributed by atoms with Crippen molar-refractivity contribution in [1.29, 1.82) is 0 Å². The van der Waals surface area contributed by atoms with Crippen LogP contribution >= 0.6 is 11.6 Å². The molecule has 1 aromatic rings. The molecular formula is C11H14ClN3O. The summed E-state index contributed by atoms with van der Waals surface area (Å²) in [5, 5.41) is 3.54. The number of rotatable bonds is 4. The highest BCUT2D eigenvalue weighted by Crippen LogP contribution is 2.38. The SMILES string of the molecule is CCC1(Nc2ncnc(Cl)c2C=O)CCC1. The van der Waals surface area contributed by atoms with Crippen molar-refractivity contribution in [2.75, 3.05) is 5.32 Å². The largest absolute Gasteiger partial charge is 0.364 e. The third-order valence-electron chi connectivity index (χ3n) is 3.32. The minimum Gasteiger partial charge on any atom is -0.364 e. The molecule has 0 atom stereocenters. The molecule has 1 heterocycles. The first kappa shape index (κ1) is 11.3.